The molecule has 2 aromatic carbocycles. The molecule has 1 heterocycles. The average molecular weight is 337 g/mol. The quantitative estimate of drug-likeness (QED) is 0.871. The number of benzene rings is 2. The minimum absolute atomic E-state index is 0.0417. The summed E-state index contributed by atoms with van der Waals surface area (Å²) in [6.07, 6.45) is 0. The molecule has 0 spiro atoms. The number of aryl methyl sites for hydroxylation is 2. The fourth-order valence-corrected chi connectivity index (χ4v) is 2.87. The van der Waals surface area contributed by atoms with E-state index >= 15 is 0 Å². The number of para-hydroxylation sites is 1. The molecule has 0 atom stereocenters. The molecule has 0 bridgehead atoms. The molecule has 1 aliphatic rings. The van der Waals surface area contributed by atoms with Crippen LogP contribution >= 0.6 is 0 Å². The molecule has 5 heteroatoms. The van der Waals surface area contributed by atoms with Gasteiger partial charge < -0.3 is 9.84 Å². The van der Waals surface area contributed by atoms with Gasteiger partial charge in [-0.1, -0.05) is 36.4 Å². The van der Waals surface area contributed by atoms with Crippen LogP contribution in [0, 0.1) is 13.8 Å². The van der Waals surface area contributed by atoms with Crippen molar-refractivity contribution in [3.05, 3.63) is 70.5 Å². The number of imide groups is 1. The highest BCUT2D eigenvalue weighted by Gasteiger charge is 2.39. The van der Waals surface area contributed by atoms with E-state index in [9.17, 15) is 14.7 Å². The van der Waals surface area contributed by atoms with Gasteiger partial charge in [-0.25, -0.2) is 0 Å². The summed E-state index contributed by atoms with van der Waals surface area (Å²) in [5, 5.41) is 10.3. The van der Waals surface area contributed by atoms with Gasteiger partial charge in [0.05, 0.1) is 19.2 Å². The molecule has 0 radical (unpaired) electrons. The van der Waals surface area contributed by atoms with Crippen LogP contribution < -0.4 is 4.74 Å². The number of ether oxygens (including phenoxy) is 1. The third kappa shape index (κ3) is 2.89. The number of rotatable bonds is 4. The number of carbonyl (C=O) groups excluding carboxylic acids is 2. The van der Waals surface area contributed by atoms with Gasteiger partial charge in [0.15, 0.2) is 5.76 Å². The Bertz CT molecular complexity index is 898. The van der Waals surface area contributed by atoms with Gasteiger partial charge in [0, 0.05) is 5.56 Å². The summed E-state index contributed by atoms with van der Waals surface area (Å²) < 4.78 is 5.27. The summed E-state index contributed by atoms with van der Waals surface area (Å²) in [6, 6.07) is 12.6. The summed E-state index contributed by atoms with van der Waals surface area (Å²) in [4.78, 5) is 26.2. The monoisotopic (exact) mass is 337 g/mol. The number of carbonyl (C=O) groups is 2. The van der Waals surface area contributed by atoms with E-state index < -0.39 is 17.6 Å². The zero-order valence-electron chi connectivity index (χ0n) is 14.4. The van der Waals surface area contributed by atoms with Gasteiger partial charge in [-0.2, -0.15) is 0 Å². The van der Waals surface area contributed by atoms with E-state index in [0.717, 1.165) is 16.0 Å². The molecule has 0 aliphatic carbocycles. The van der Waals surface area contributed by atoms with Crippen molar-refractivity contribution in [1.29, 1.82) is 0 Å². The Labute approximate surface area is 146 Å². The van der Waals surface area contributed by atoms with Crippen molar-refractivity contribution in [3.63, 3.8) is 0 Å². The highest BCUT2D eigenvalue weighted by molar-refractivity contribution is 6.34. The molecule has 2 amide bonds. The van der Waals surface area contributed by atoms with Crippen LogP contribution in [0.1, 0.15) is 22.3 Å². The average Bonchev–Trinajstić information content (AvgIpc) is 2.81. The van der Waals surface area contributed by atoms with Crippen molar-refractivity contribution in [2.24, 2.45) is 0 Å². The van der Waals surface area contributed by atoms with Crippen molar-refractivity contribution in [1.82, 2.24) is 4.90 Å². The number of hydrogen-bond acceptors (Lipinski definition) is 4. The van der Waals surface area contributed by atoms with E-state index in [1.807, 2.05) is 26.0 Å². The molecule has 0 fully saturated rings. The zero-order valence-corrected chi connectivity index (χ0v) is 14.4. The lowest BCUT2D eigenvalue weighted by Gasteiger charge is -2.16. The van der Waals surface area contributed by atoms with Crippen LogP contribution in [0.4, 0.5) is 0 Å². The molecular formula is C20H19NO4. The molecule has 0 saturated heterocycles. The summed E-state index contributed by atoms with van der Waals surface area (Å²) in [5.74, 6) is -1.12. The van der Waals surface area contributed by atoms with Crippen LogP contribution in [0.5, 0.6) is 5.75 Å². The van der Waals surface area contributed by atoms with Gasteiger partial charge in [-0.15, -0.1) is 0 Å². The summed E-state index contributed by atoms with van der Waals surface area (Å²) >= 11 is 0. The van der Waals surface area contributed by atoms with Gasteiger partial charge in [-0.05, 0) is 36.6 Å². The molecule has 1 N–H and O–H groups in total. The lowest BCUT2D eigenvalue weighted by molar-refractivity contribution is -0.138. The Morgan fingerprint density at radius 1 is 1.00 bits per heavy atom. The van der Waals surface area contributed by atoms with E-state index in [4.69, 9.17) is 4.74 Å². The first-order chi connectivity index (χ1) is 11.9. The standard InChI is InChI=1S/C20H19NO4/c1-12-8-9-14(10-13(12)2)17-18(22)20(24)21(19(17)23)11-15-6-4-5-7-16(15)25-3/h4-10,22H,11H2,1-3H3. The predicted molar refractivity (Wildman–Crippen MR) is 94.0 cm³/mol. The highest BCUT2D eigenvalue weighted by atomic mass is 16.5. The van der Waals surface area contributed by atoms with Gasteiger partial charge in [0.1, 0.15) is 5.75 Å². The SMILES string of the molecule is COc1ccccc1CN1C(=O)C(O)=C(c2ccc(C)c(C)c2)C1=O. The summed E-state index contributed by atoms with van der Waals surface area (Å²) in [7, 11) is 1.53. The van der Waals surface area contributed by atoms with Crippen molar-refractivity contribution in [2.75, 3.05) is 7.11 Å². The third-order valence-corrected chi connectivity index (χ3v) is 4.46. The first-order valence-corrected chi connectivity index (χ1v) is 7.93. The Morgan fingerprint density at radius 2 is 1.72 bits per heavy atom. The first kappa shape index (κ1) is 16.8. The van der Waals surface area contributed by atoms with Crippen molar-refractivity contribution >= 4 is 17.4 Å². The molecule has 1 aliphatic heterocycles. The van der Waals surface area contributed by atoms with Crippen LogP contribution in [-0.2, 0) is 16.1 Å². The molecule has 2 aromatic rings. The molecule has 128 valence electrons. The molecular weight excluding hydrogens is 318 g/mol. The van der Waals surface area contributed by atoms with Gasteiger partial charge in [0.2, 0.25) is 0 Å². The Morgan fingerprint density at radius 3 is 2.40 bits per heavy atom. The van der Waals surface area contributed by atoms with E-state index in [-0.39, 0.29) is 12.1 Å². The Hall–Kier alpha value is -3.08. The molecule has 25 heavy (non-hydrogen) atoms. The number of aliphatic hydroxyl groups excluding tert-OH is 1. The normalized spacial score (nSPS) is 14.4. The van der Waals surface area contributed by atoms with Crippen molar-refractivity contribution < 1.29 is 19.4 Å². The highest BCUT2D eigenvalue weighted by Crippen LogP contribution is 2.31. The zero-order chi connectivity index (χ0) is 18.1. The van der Waals surface area contributed by atoms with E-state index in [1.54, 1.807) is 30.3 Å². The maximum atomic E-state index is 12.8. The number of methoxy groups -OCH3 is 1. The van der Waals surface area contributed by atoms with Crippen LogP contribution in [0.3, 0.4) is 0 Å². The predicted octanol–water partition coefficient (Wildman–Crippen LogP) is 3.15. The first-order valence-electron chi connectivity index (χ1n) is 7.93. The topological polar surface area (TPSA) is 66.8 Å². The number of aliphatic hydroxyl groups is 1. The van der Waals surface area contributed by atoms with Crippen LogP contribution in [0.25, 0.3) is 5.57 Å². The van der Waals surface area contributed by atoms with Gasteiger partial charge in [0.25, 0.3) is 11.8 Å². The largest absolute Gasteiger partial charge is 0.502 e. The number of amides is 2. The van der Waals surface area contributed by atoms with Crippen molar-refractivity contribution in [2.45, 2.75) is 20.4 Å². The second-order valence-corrected chi connectivity index (χ2v) is 6.03. The smallest absolute Gasteiger partial charge is 0.296 e. The lowest BCUT2D eigenvalue weighted by Crippen LogP contribution is -2.31. The fourth-order valence-electron chi connectivity index (χ4n) is 2.87. The van der Waals surface area contributed by atoms with E-state index in [2.05, 4.69) is 0 Å². The second kappa shape index (κ2) is 6.43. The number of hydrogen-bond donors (Lipinski definition) is 1. The van der Waals surface area contributed by atoms with E-state index in [1.165, 1.54) is 7.11 Å². The molecule has 0 aromatic heterocycles. The molecule has 5 nitrogen and oxygen atoms in total. The number of nitrogens with zero attached hydrogens (tertiary/aromatic N) is 1. The maximum Gasteiger partial charge on any atom is 0.296 e. The Balaban J connectivity index is 1.95. The fraction of sp³-hybridized carbons (Fsp3) is 0.200. The molecule has 0 unspecified atom stereocenters. The second-order valence-electron chi connectivity index (χ2n) is 6.03. The minimum Gasteiger partial charge on any atom is -0.502 e. The maximum absolute atomic E-state index is 12.8. The van der Waals surface area contributed by atoms with Crippen LogP contribution in [0.15, 0.2) is 48.2 Å². The molecule has 0 saturated carbocycles. The molecule has 3 rings (SSSR count). The van der Waals surface area contributed by atoms with Gasteiger partial charge in [-0.3, -0.25) is 14.5 Å². The van der Waals surface area contributed by atoms with Crippen LogP contribution in [0.2, 0.25) is 0 Å². The Kier molecular flexibility index (Phi) is 4.31. The summed E-state index contributed by atoms with van der Waals surface area (Å²) in [5.41, 5.74) is 3.35. The minimum atomic E-state index is -0.691. The van der Waals surface area contributed by atoms with E-state index in [0.29, 0.717) is 16.9 Å². The third-order valence-electron chi connectivity index (χ3n) is 4.46. The lowest BCUT2D eigenvalue weighted by atomic mass is 10.00. The van der Waals surface area contributed by atoms with Crippen LogP contribution in [-0.4, -0.2) is 28.9 Å². The summed E-state index contributed by atoms with van der Waals surface area (Å²) in [6.45, 7) is 3.92. The van der Waals surface area contributed by atoms with Crippen molar-refractivity contribution in [3.8, 4) is 5.75 Å². The van der Waals surface area contributed by atoms with Gasteiger partial charge >= 0.3 is 0 Å².